The van der Waals surface area contributed by atoms with Crippen LogP contribution in [0.5, 0.6) is 0 Å². The summed E-state index contributed by atoms with van der Waals surface area (Å²) in [5.41, 5.74) is 0. The summed E-state index contributed by atoms with van der Waals surface area (Å²) in [6.45, 7) is 3.54. The Labute approximate surface area is 61.1 Å². The molecule has 0 rings (SSSR count). The number of methoxy groups -OCH3 is 1. The van der Waals surface area contributed by atoms with Gasteiger partial charge in [0.15, 0.2) is 0 Å². The van der Waals surface area contributed by atoms with Crippen LogP contribution in [0.4, 0.5) is 0 Å². The largest absolute Gasteiger partial charge is 0.504 e. The van der Waals surface area contributed by atoms with Gasteiger partial charge in [-0.2, -0.15) is 0 Å². The highest BCUT2D eigenvalue weighted by Gasteiger charge is 1.83. The first kappa shape index (κ1) is 6.55. The van der Waals surface area contributed by atoms with Crippen LogP contribution < -0.4 is 0 Å². The van der Waals surface area contributed by atoms with Crippen LogP contribution in [0, 0.1) is 0 Å². The summed E-state index contributed by atoms with van der Waals surface area (Å²) < 4.78 is 16.2. The van der Waals surface area contributed by atoms with E-state index < -0.39 is 0 Å². The fourth-order valence-corrected chi connectivity index (χ4v) is 0.454. The molecule has 0 atom stereocenters. The molecule has 0 unspecified atom stereocenters. The van der Waals surface area contributed by atoms with E-state index >= 15 is 0 Å². The lowest BCUT2D eigenvalue weighted by Crippen LogP contribution is -1.75. The van der Waals surface area contributed by atoms with Gasteiger partial charge in [-0.15, -0.1) is 0 Å². The molecule has 0 aliphatic rings. The Balaban J connectivity index is 3.34. The third-order valence-electron chi connectivity index (χ3n) is 0.556. The van der Waals surface area contributed by atoms with E-state index in [1.54, 1.807) is 13.2 Å². The van der Waals surface area contributed by atoms with Crippen LogP contribution in [-0.2, 0) is 8.92 Å². The average Bonchev–Trinajstić information content (AvgIpc) is 1.97. The maximum absolute atomic E-state index is 6.71. The highest BCUT2D eigenvalue weighted by molar-refractivity contribution is 7.94. The van der Waals surface area contributed by atoms with Gasteiger partial charge in [0.1, 0.15) is 5.76 Å². The number of hydrogen-bond acceptors (Lipinski definition) is 3. The Kier molecular flexibility index (Phi) is 4.05. The van der Waals surface area contributed by atoms with Crippen molar-refractivity contribution in [3.05, 3.63) is 24.7 Å². The minimum Gasteiger partial charge on any atom is -0.504 e. The van der Waals surface area contributed by atoms with Gasteiger partial charge in [0.2, 0.25) is 0 Å². The number of ether oxygens (including phenoxy) is 1. The van der Waals surface area contributed by atoms with Crippen molar-refractivity contribution in [3.8, 4) is 0 Å². The van der Waals surface area contributed by atoms with E-state index in [4.69, 9.17) is 5.55 Å². The highest BCUT2D eigenvalue weighted by Crippen LogP contribution is 2.04. The van der Waals surface area contributed by atoms with Crippen molar-refractivity contribution in [3.63, 3.8) is 0 Å². The van der Waals surface area contributed by atoms with Crippen molar-refractivity contribution in [1.29, 1.82) is 0 Å². The zero-order valence-corrected chi connectivity index (χ0v) is 6.11. The third-order valence-corrected chi connectivity index (χ3v) is 0.888. The molecule has 0 radical (unpaired) electrons. The molecule has 52 valence electrons. The zero-order valence-electron chi connectivity index (χ0n) is 6.29. The monoisotopic (exact) mass is 148 g/mol. The molecule has 0 spiro atoms. The van der Waals surface area contributed by atoms with Crippen LogP contribution >= 0.6 is 12.0 Å². The van der Waals surface area contributed by atoms with E-state index in [-0.39, 0.29) is 6.23 Å². The molecule has 9 heavy (non-hydrogen) atoms. The molecular weight excluding hydrogens is 136 g/mol. The molecule has 2 nitrogen and oxygen atoms in total. The van der Waals surface area contributed by atoms with Gasteiger partial charge in [0.25, 0.3) is 0 Å². The van der Waals surface area contributed by atoms with Gasteiger partial charge in [-0.25, -0.2) is 0 Å². The third kappa shape index (κ3) is 5.30. The molecule has 0 amide bonds. The summed E-state index contributed by atoms with van der Waals surface area (Å²) in [6.07, 6.45) is 3.22. The molecule has 0 saturated heterocycles. The first-order chi connectivity index (χ1) is 4.81. The van der Waals surface area contributed by atoms with Crippen LogP contribution in [-0.4, -0.2) is 13.3 Å². The lowest BCUT2D eigenvalue weighted by Gasteiger charge is -1.96. The van der Waals surface area contributed by atoms with E-state index in [0.717, 1.165) is 12.0 Å². The lowest BCUT2D eigenvalue weighted by molar-refractivity contribution is 0.335. The smallest absolute Gasteiger partial charge is 0.133 e. The Morgan fingerprint density at radius 3 is 3.22 bits per heavy atom. The fourth-order valence-electron chi connectivity index (χ4n) is 0.247. The van der Waals surface area contributed by atoms with E-state index in [9.17, 15) is 0 Å². The second-order valence-corrected chi connectivity index (χ2v) is 1.61. The maximum atomic E-state index is 6.71. The quantitative estimate of drug-likeness (QED) is 0.345. The normalized spacial score (nSPS) is 11.0. The molecule has 3 heteroatoms. The summed E-state index contributed by atoms with van der Waals surface area (Å²) in [7, 11) is 1.54. The van der Waals surface area contributed by atoms with E-state index in [1.807, 2.05) is 0 Å². The molecule has 0 aromatic rings. The van der Waals surface area contributed by atoms with E-state index in [0.29, 0.717) is 5.76 Å². The van der Waals surface area contributed by atoms with Crippen molar-refractivity contribution in [2.24, 2.45) is 0 Å². The van der Waals surface area contributed by atoms with Crippen LogP contribution in [0.3, 0.4) is 0 Å². The standard InChI is InChI=1S/C6H10O2S/c1-6(8-9-3)4-5-7-2/h4-5H,1H2,2-3H3/b5-4+/i3T. The molecule has 0 aromatic carbocycles. The Bertz CT molecular complexity index is 125. The lowest BCUT2D eigenvalue weighted by atomic mass is 10.5. The summed E-state index contributed by atoms with van der Waals surface area (Å²) in [5, 5.41) is 0. The number of hydrogen-bond donors (Lipinski definition) is 0. The molecule has 0 fully saturated rings. The molecule has 0 aromatic heterocycles. The highest BCUT2D eigenvalue weighted by atomic mass is 32.2. The van der Waals surface area contributed by atoms with Crippen LogP contribution in [0.2, 0.25) is 0 Å². The van der Waals surface area contributed by atoms with Gasteiger partial charge in [-0.3, -0.25) is 0 Å². The van der Waals surface area contributed by atoms with Gasteiger partial charge in [0.05, 0.1) is 25.4 Å². The maximum Gasteiger partial charge on any atom is 0.133 e. The Hall–Kier alpha value is -0.570. The van der Waals surface area contributed by atoms with Crippen molar-refractivity contribution < 1.29 is 10.3 Å². The van der Waals surface area contributed by atoms with Crippen LogP contribution in [0.1, 0.15) is 1.37 Å². The summed E-state index contributed by atoms with van der Waals surface area (Å²) in [6, 6.07) is 0. The number of rotatable bonds is 4. The molecule has 0 N–H and O–H groups in total. The SMILES string of the molecule is [3H]CSOC(=C)/C=C/OC. The van der Waals surface area contributed by atoms with Crippen LogP contribution in [0.25, 0.3) is 0 Å². The zero-order chi connectivity index (χ0) is 7.82. The first-order valence-corrected chi connectivity index (χ1v) is 3.19. The van der Waals surface area contributed by atoms with E-state index in [1.165, 1.54) is 6.26 Å². The number of allylic oxidation sites excluding steroid dienone is 1. The van der Waals surface area contributed by atoms with Gasteiger partial charge in [0, 0.05) is 13.7 Å². The predicted octanol–water partition coefficient (Wildman–Crippen LogP) is 1.95. The first-order valence-electron chi connectivity index (χ1n) is 2.99. The van der Waals surface area contributed by atoms with Crippen LogP contribution in [0.15, 0.2) is 24.7 Å². The molecular formula is C6H10O2S. The molecule has 0 aliphatic heterocycles. The second-order valence-electron chi connectivity index (χ2n) is 1.21. The predicted molar refractivity (Wildman–Crippen MR) is 39.9 cm³/mol. The minimum absolute atomic E-state index is 0.167. The summed E-state index contributed by atoms with van der Waals surface area (Å²) >= 11 is 1.03. The Morgan fingerprint density at radius 1 is 1.89 bits per heavy atom. The molecule has 0 heterocycles. The average molecular weight is 148 g/mol. The summed E-state index contributed by atoms with van der Waals surface area (Å²) in [4.78, 5) is 0. The second kappa shape index (κ2) is 5.56. The van der Waals surface area contributed by atoms with Crippen molar-refractivity contribution in [1.82, 2.24) is 0 Å². The minimum atomic E-state index is 0.167. The van der Waals surface area contributed by atoms with Crippen molar-refractivity contribution in [2.75, 3.05) is 13.3 Å². The Morgan fingerprint density at radius 2 is 2.67 bits per heavy atom. The molecule has 0 saturated carbocycles. The summed E-state index contributed by atoms with van der Waals surface area (Å²) in [5.74, 6) is 0.485. The van der Waals surface area contributed by atoms with Gasteiger partial charge in [-0.05, 0) is 0 Å². The van der Waals surface area contributed by atoms with Crippen molar-refractivity contribution >= 4 is 12.0 Å². The van der Waals surface area contributed by atoms with Crippen molar-refractivity contribution in [2.45, 2.75) is 0 Å². The van der Waals surface area contributed by atoms with Gasteiger partial charge < -0.3 is 8.92 Å². The van der Waals surface area contributed by atoms with Gasteiger partial charge in [-0.1, -0.05) is 6.58 Å². The van der Waals surface area contributed by atoms with E-state index in [2.05, 4.69) is 11.3 Å². The van der Waals surface area contributed by atoms with Gasteiger partial charge >= 0.3 is 0 Å². The molecule has 0 bridgehead atoms. The fraction of sp³-hybridized carbons (Fsp3) is 0.333. The molecule has 0 aliphatic carbocycles. The topological polar surface area (TPSA) is 18.5 Å².